The molecule has 3 nitrogen and oxygen atoms in total. The molecule has 3 unspecified atom stereocenters. The third kappa shape index (κ3) is 3.94. The van der Waals surface area contributed by atoms with E-state index < -0.39 is 0 Å². The van der Waals surface area contributed by atoms with Gasteiger partial charge in [0.1, 0.15) is 0 Å². The van der Waals surface area contributed by atoms with Gasteiger partial charge in [0.05, 0.1) is 0 Å². The molecule has 3 heteroatoms. The van der Waals surface area contributed by atoms with Crippen molar-refractivity contribution in [3.63, 3.8) is 0 Å². The summed E-state index contributed by atoms with van der Waals surface area (Å²) in [4.78, 5) is 2.67. The zero-order valence-electron chi connectivity index (χ0n) is 11.2. The minimum atomic E-state index is 0.334. The van der Waals surface area contributed by atoms with Crippen molar-refractivity contribution < 1.29 is 5.11 Å². The number of aliphatic hydroxyl groups is 1. The fourth-order valence-electron chi connectivity index (χ4n) is 3.26. The highest BCUT2D eigenvalue weighted by molar-refractivity contribution is 4.89. The van der Waals surface area contributed by atoms with Gasteiger partial charge in [-0.05, 0) is 64.1 Å². The van der Waals surface area contributed by atoms with E-state index in [1.54, 1.807) is 0 Å². The zero-order chi connectivity index (χ0) is 12.1. The number of nitrogens with zero attached hydrogens (tertiary/aromatic N) is 1. The maximum atomic E-state index is 8.96. The summed E-state index contributed by atoms with van der Waals surface area (Å²) in [5.41, 5.74) is 0. The number of hydrogen-bond donors (Lipinski definition) is 2. The molecule has 0 spiro atoms. The molecule has 0 saturated carbocycles. The second kappa shape index (κ2) is 6.72. The van der Waals surface area contributed by atoms with Crippen molar-refractivity contribution in [2.24, 2.45) is 5.92 Å². The lowest BCUT2D eigenvalue weighted by Gasteiger charge is -2.35. The molecule has 17 heavy (non-hydrogen) atoms. The van der Waals surface area contributed by atoms with Gasteiger partial charge in [-0.1, -0.05) is 6.92 Å². The van der Waals surface area contributed by atoms with Crippen LogP contribution in [0.4, 0.5) is 0 Å². The summed E-state index contributed by atoms with van der Waals surface area (Å²) in [6.45, 7) is 6.22. The summed E-state index contributed by atoms with van der Waals surface area (Å²) >= 11 is 0. The first kappa shape index (κ1) is 13.3. The first-order valence-corrected chi connectivity index (χ1v) is 7.38. The van der Waals surface area contributed by atoms with Crippen LogP contribution in [0.5, 0.6) is 0 Å². The number of nitrogens with one attached hydrogen (secondary N) is 1. The van der Waals surface area contributed by atoms with Gasteiger partial charge in [-0.2, -0.15) is 0 Å². The van der Waals surface area contributed by atoms with Crippen LogP contribution in [0.2, 0.25) is 0 Å². The number of fused-ring (bicyclic) bond motifs is 1. The van der Waals surface area contributed by atoms with E-state index in [-0.39, 0.29) is 0 Å². The highest BCUT2D eigenvalue weighted by Crippen LogP contribution is 2.26. The molecule has 2 heterocycles. The molecule has 0 radical (unpaired) electrons. The van der Waals surface area contributed by atoms with Gasteiger partial charge < -0.3 is 15.3 Å². The smallest absolute Gasteiger partial charge is 0.0456 e. The van der Waals surface area contributed by atoms with E-state index >= 15 is 0 Å². The Kier molecular flexibility index (Phi) is 5.26. The molecule has 100 valence electrons. The van der Waals surface area contributed by atoms with Crippen LogP contribution in [0.15, 0.2) is 0 Å². The maximum absolute atomic E-state index is 8.96. The van der Waals surface area contributed by atoms with Gasteiger partial charge >= 0.3 is 0 Å². The van der Waals surface area contributed by atoms with Crippen LogP contribution in [0, 0.1) is 5.92 Å². The topological polar surface area (TPSA) is 35.5 Å². The van der Waals surface area contributed by atoms with Crippen molar-refractivity contribution in [2.75, 3.05) is 26.2 Å². The second-order valence-electron chi connectivity index (χ2n) is 5.94. The van der Waals surface area contributed by atoms with Gasteiger partial charge in [-0.25, -0.2) is 0 Å². The average Bonchev–Trinajstić information content (AvgIpc) is 2.81. The van der Waals surface area contributed by atoms with Gasteiger partial charge in [0.25, 0.3) is 0 Å². The molecule has 2 N–H and O–H groups in total. The van der Waals surface area contributed by atoms with Crippen LogP contribution in [-0.2, 0) is 0 Å². The first-order valence-electron chi connectivity index (χ1n) is 7.38. The van der Waals surface area contributed by atoms with Gasteiger partial charge in [0.2, 0.25) is 0 Å². The maximum Gasteiger partial charge on any atom is 0.0456 e. The largest absolute Gasteiger partial charge is 0.396 e. The van der Waals surface area contributed by atoms with E-state index in [1.165, 1.54) is 45.2 Å². The first-order chi connectivity index (χ1) is 8.29. The zero-order valence-corrected chi connectivity index (χ0v) is 11.2. The summed E-state index contributed by atoms with van der Waals surface area (Å²) in [5.74, 6) is 0.466. The van der Waals surface area contributed by atoms with Gasteiger partial charge in [0.15, 0.2) is 0 Å². The molecule has 0 amide bonds. The predicted octanol–water partition coefficient (Wildman–Crippen LogP) is 1.61. The molecule has 3 atom stereocenters. The Bertz CT molecular complexity index is 222. The van der Waals surface area contributed by atoms with Crippen LogP contribution in [-0.4, -0.2) is 48.3 Å². The second-order valence-corrected chi connectivity index (χ2v) is 5.94. The fourth-order valence-corrected chi connectivity index (χ4v) is 3.26. The Morgan fingerprint density at radius 1 is 1.35 bits per heavy atom. The summed E-state index contributed by atoms with van der Waals surface area (Å²) in [7, 11) is 0. The molecule has 0 aromatic rings. The summed E-state index contributed by atoms with van der Waals surface area (Å²) in [5, 5.41) is 12.7. The van der Waals surface area contributed by atoms with E-state index in [4.69, 9.17) is 5.11 Å². The van der Waals surface area contributed by atoms with Gasteiger partial charge in [-0.15, -0.1) is 0 Å². The van der Waals surface area contributed by atoms with Crippen LogP contribution >= 0.6 is 0 Å². The molecule has 2 fully saturated rings. The Morgan fingerprint density at radius 2 is 2.24 bits per heavy atom. The molecular formula is C14H28N2O. The lowest BCUT2D eigenvalue weighted by atomic mass is 9.97. The van der Waals surface area contributed by atoms with Crippen molar-refractivity contribution in [3.8, 4) is 0 Å². The van der Waals surface area contributed by atoms with Crippen LogP contribution < -0.4 is 5.32 Å². The molecule has 2 aliphatic heterocycles. The van der Waals surface area contributed by atoms with E-state index in [1.807, 2.05) is 0 Å². The lowest BCUT2D eigenvalue weighted by molar-refractivity contribution is 0.166. The molecular weight excluding hydrogens is 212 g/mol. The Balaban J connectivity index is 1.57. The molecule has 0 bridgehead atoms. The quantitative estimate of drug-likeness (QED) is 0.692. The highest BCUT2D eigenvalue weighted by Gasteiger charge is 2.31. The van der Waals surface area contributed by atoms with Gasteiger partial charge in [0, 0.05) is 18.7 Å². The lowest BCUT2D eigenvalue weighted by Crippen LogP contribution is -2.45. The third-order valence-corrected chi connectivity index (χ3v) is 4.44. The van der Waals surface area contributed by atoms with Crippen LogP contribution in [0.3, 0.4) is 0 Å². The van der Waals surface area contributed by atoms with Crippen molar-refractivity contribution in [1.29, 1.82) is 0 Å². The number of piperidine rings is 1. The van der Waals surface area contributed by atoms with E-state index in [0.29, 0.717) is 12.5 Å². The highest BCUT2D eigenvalue weighted by atomic mass is 16.3. The number of hydrogen-bond acceptors (Lipinski definition) is 3. The summed E-state index contributed by atoms with van der Waals surface area (Å²) in [6, 6.07) is 1.62. The van der Waals surface area contributed by atoms with E-state index in [0.717, 1.165) is 25.0 Å². The van der Waals surface area contributed by atoms with Crippen molar-refractivity contribution in [3.05, 3.63) is 0 Å². The van der Waals surface area contributed by atoms with Crippen LogP contribution in [0.1, 0.15) is 45.4 Å². The Morgan fingerprint density at radius 3 is 3.06 bits per heavy atom. The third-order valence-electron chi connectivity index (χ3n) is 4.44. The predicted molar refractivity (Wildman–Crippen MR) is 71.1 cm³/mol. The molecule has 2 saturated heterocycles. The van der Waals surface area contributed by atoms with Gasteiger partial charge in [-0.3, -0.25) is 0 Å². The standard InChI is InChI=1S/C14H28N2O/c1-12(11-17)4-2-7-15-13-6-9-16-8-3-5-14(16)10-13/h12-15,17H,2-11H2,1H3. The van der Waals surface area contributed by atoms with Crippen LogP contribution in [0.25, 0.3) is 0 Å². The number of rotatable bonds is 6. The number of aliphatic hydroxyl groups excluding tert-OH is 1. The monoisotopic (exact) mass is 240 g/mol. The van der Waals surface area contributed by atoms with E-state index in [9.17, 15) is 0 Å². The average molecular weight is 240 g/mol. The molecule has 0 aliphatic carbocycles. The Hall–Kier alpha value is -0.120. The SMILES string of the molecule is CC(CO)CCCNC1CCN2CCCC2C1. The molecule has 0 aromatic heterocycles. The minimum Gasteiger partial charge on any atom is -0.396 e. The normalized spacial score (nSPS) is 31.4. The van der Waals surface area contributed by atoms with Crippen molar-refractivity contribution in [1.82, 2.24) is 10.2 Å². The summed E-state index contributed by atoms with van der Waals surface area (Å²) in [6.07, 6.45) is 7.85. The van der Waals surface area contributed by atoms with Crippen molar-refractivity contribution >= 4 is 0 Å². The molecule has 0 aromatic carbocycles. The molecule has 2 aliphatic rings. The fraction of sp³-hybridized carbons (Fsp3) is 1.00. The minimum absolute atomic E-state index is 0.334. The van der Waals surface area contributed by atoms with E-state index in [2.05, 4.69) is 17.1 Å². The summed E-state index contributed by atoms with van der Waals surface area (Å²) < 4.78 is 0. The Labute approximate surface area is 106 Å². The molecule has 2 rings (SSSR count). The van der Waals surface area contributed by atoms with Crippen molar-refractivity contribution in [2.45, 2.75) is 57.5 Å².